The quantitative estimate of drug-likeness (QED) is 0.0891. The molecule has 13 fully saturated rings. The zero-order valence-corrected chi connectivity index (χ0v) is 83.5. The van der Waals surface area contributed by atoms with Crippen molar-refractivity contribution in [2.24, 2.45) is 126 Å². The van der Waals surface area contributed by atoms with E-state index in [0.29, 0.717) is 153 Å². The second kappa shape index (κ2) is 36.5. The Bertz CT molecular complexity index is 5410. The molecule has 20 heteroatoms. The number of amides is 3. The van der Waals surface area contributed by atoms with E-state index in [-0.39, 0.29) is 143 Å². The number of hydrogen-bond acceptors (Lipinski definition) is 16. The van der Waals surface area contributed by atoms with Gasteiger partial charge in [-0.2, -0.15) is 0 Å². The van der Waals surface area contributed by atoms with Gasteiger partial charge in [0, 0.05) is 93.0 Å². The van der Waals surface area contributed by atoms with E-state index < -0.39 is 73.2 Å². The van der Waals surface area contributed by atoms with Crippen LogP contribution >= 0.6 is 11.6 Å². The number of carbonyl (C=O) groups excluding carboxylic acids is 8. The number of benzene rings is 3. The predicted molar refractivity (Wildman–Crippen MR) is 533 cm³/mol. The molecule has 138 heavy (non-hydrogen) atoms. The number of Topliss-reactive ketones (excluding diaryl/α,β-unsaturated/α-hetero) is 1. The Morgan fingerprint density at radius 2 is 0.783 bits per heavy atom. The molecule has 23 rings (SSSR count). The summed E-state index contributed by atoms with van der Waals surface area (Å²) in [5.74, 6) is 3.18. The third-order valence-electron chi connectivity index (χ3n) is 44.2. The highest BCUT2D eigenvalue weighted by atomic mass is 35.5. The maximum absolute atomic E-state index is 14.2. The minimum atomic E-state index is -1.55. The minimum absolute atomic E-state index is 0. The number of morpholine rings is 1. The summed E-state index contributed by atoms with van der Waals surface area (Å²) in [7, 11) is 0. The van der Waals surface area contributed by atoms with Crippen molar-refractivity contribution in [2.45, 2.75) is 362 Å². The van der Waals surface area contributed by atoms with Gasteiger partial charge in [-0.3, -0.25) is 38.4 Å². The average Bonchev–Trinajstić information content (AvgIpc) is 1.44. The zero-order chi connectivity index (χ0) is 96.2. The van der Waals surface area contributed by atoms with E-state index in [2.05, 4.69) is 104 Å². The summed E-state index contributed by atoms with van der Waals surface area (Å²) in [4.78, 5) is 109. The number of alkyl halides is 1. The second-order valence-corrected chi connectivity index (χ2v) is 50.3. The van der Waals surface area contributed by atoms with Crippen LogP contribution in [0.5, 0.6) is 0 Å². The molecule has 3 aromatic rings. The lowest BCUT2D eigenvalue weighted by Gasteiger charge is -2.64. The van der Waals surface area contributed by atoms with Gasteiger partial charge in [0.2, 0.25) is 5.91 Å². The molecule has 19 nitrogen and oxygen atoms in total. The molecule has 0 aromatic heterocycles. The molecule has 29 atom stereocenters. The molecule has 3 amide bonds. The third kappa shape index (κ3) is 15.3. The normalized spacial score (nSPS) is 44.2. The standard InChI is InChI=1S/C32H42O4.C30H38ClNO4.C29H37NO4.C25H37NO4.2CH4/c1-30-15-13-24(33)18-23(30)11-12-25-26-14-16-32(36,31(26,2)19-27(34)29(25)30)28(35)17-20-7-9-21-5-3-4-6-22(21)10-8-20;1-18-14-24-23-9-8-21-15-22(33)10-12-27(21,2)29(23,31)25(34)16-28(24,3)30(18,36)26(35)32-13-11-19-6-4-5-7-20(19)17-32;1-27-12-9-21(31)15-20(27)7-8-22-23-10-13-29(34,28(23,2)16-24(32)25(22)27)26(33)30-14-11-18-5-3-4-6-19(18)17-30;1-23-8-6-17(27)14-16(23)4-5-18-19-7-9-24(2,22(29)26-10-12-30-13-11-26)25(19,3)15-20(28)21(18)23;;/h3-6,18,20,25-27,29,34,36H,7-17,19H2,1-2H3;4-7,15,18,23-25,34,36H,8-14,16-17H2,1-3H3;3-6,15,22-25,32,34H,7-14,16-17H2,1-2H3;14,18-21,28H,4-13,15H2,1-3H3;2*1H4/t25?,26?,27-,29?,30?,31?,32-;18-,23?,24?,25+,27?,28?,29+,30+;22?,23?,24-,25?,27?,28?,29-;18?,19?,20-,21?,23?,24+,25?;;/m0100../s1. The van der Waals surface area contributed by atoms with Gasteiger partial charge in [-0.25, -0.2) is 0 Å². The van der Waals surface area contributed by atoms with Gasteiger partial charge in [0.05, 0.1) is 47.9 Å². The van der Waals surface area contributed by atoms with E-state index in [1.807, 2.05) is 71.0 Å². The van der Waals surface area contributed by atoms with Crippen molar-refractivity contribution in [3.8, 4) is 0 Å². The van der Waals surface area contributed by atoms with Gasteiger partial charge >= 0.3 is 0 Å². The van der Waals surface area contributed by atoms with Crippen LogP contribution in [0.2, 0.25) is 0 Å². The fourth-order valence-electron chi connectivity index (χ4n) is 36.3. The Morgan fingerprint density at radius 3 is 1.25 bits per heavy atom. The summed E-state index contributed by atoms with van der Waals surface area (Å²) >= 11 is 7.56. The van der Waals surface area contributed by atoms with Crippen molar-refractivity contribution < 1.29 is 78.8 Å². The fraction of sp³-hybridized carbons (Fsp3) is 0.712. The van der Waals surface area contributed by atoms with Crippen molar-refractivity contribution in [1.82, 2.24) is 14.7 Å². The number of nitrogens with zero attached hydrogens (tertiary/aromatic N) is 3. The van der Waals surface area contributed by atoms with Crippen LogP contribution in [0.15, 0.2) is 119 Å². The van der Waals surface area contributed by atoms with Crippen LogP contribution in [-0.4, -0.2) is 183 Å². The number of aryl methyl sites for hydroxylation is 2. The predicted octanol–water partition coefficient (Wildman–Crippen LogP) is 18.2. The third-order valence-corrected chi connectivity index (χ3v) is 45.2. The van der Waals surface area contributed by atoms with E-state index in [1.54, 1.807) is 6.08 Å². The molecule has 3 aromatic carbocycles. The first kappa shape index (κ1) is 101. The van der Waals surface area contributed by atoms with Gasteiger partial charge in [0.15, 0.2) is 34.5 Å². The van der Waals surface area contributed by atoms with E-state index in [9.17, 15) is 74.1 Å². The van der Waals surface area contributed by atoms with E-state index >= 15 is 0 Å². The Labute approximate surface area is 826 Å². The van der Waals surface area contributed by atoms with Gasteiger partial charge in [-0.05, 0) is 342 Å². The number of rotatable bonds is 6. The Morgan fingerprint density at radius 1 is 0.391 bits per heavy atom. The van der Waals surface area contributed by atoms with Gasteiger partial charge in [0.1, 0.15) is 11.2 Å². The minimum Gasteiger partial charge on any atom is -0.393 e. The lowest BCUT2D eigenvalue weighted by molar-refractivity contribution is -0.191. The van der Waals surface area contributed by atoms with Crippen LogP contribution in [-0.2, 0) is 81.9 Å². The molecular weight excluding hydrogens is 1750 g/mol. The molecule has 17 aliphatic carbocycles. The monoisotopic (exact) mass is 1910 g/mol. The highest BCUT2D eigenvalue weighted by Gasteiger charge is 2.78. The molecule has 12 saturated carbocycles. The molecule has 0 radical (unpaired) electrons. The number of allylic oxidation sites excluding steroid dienone is 4. The first-order valence-electron chi connectivity index (χ1n) is 53.2. The van der Waals surface area contributed by atoms with Gasteiger partial charge in [-0.1, -0.05) is 179 Å². The van der Waals surface area contributed by atoms with Gasteiger partial charge in [-0.15, -0.1) is 11.6 Å². The molecule has 752 valence electrons. The van der Waals surface area contributed by atoms with Crippen LogP contribution in [0.3, 0.4) is 0 Å². The van der Waals surface area contributed by atoms with Crippen LogP contribution in [0.4, 0.5) is 0 Å². The van der Waals surface area contributed by atoms with Crippen molar-refractivity contribution in [1.29, 1.82) is 0 Å². The Balaban J connectivity index is 0.000000122. The largest absolute Gasteiger partial charge is 0.393 e. The van der Waals surface area contributed by atoms with Crippen LogP contribution < -0.4 is 0 Å². The zero-order valence-electron chi connectivity index (χ0n) is 82.8. The molecule has 1 saturated heterocycles. The summed E-state index contributed by atoms with van der Waals surface area (Å²) in [6.07, 6.45) is 30.8. The summed E-state index contributed by atoms with van der Waals surface area (Å²) < 4.78 is 5.47. The van der Waals surface area contributed by atoms with Crippen molar-refractivity contribution >= 4 is 58.2 Å². The van der Waals surface area contributed by atoms with Crippen molar-refractivity contribution in [3.63, 3.8) is 0 Å². The molecular formula is C118H162ClN3O16. The molecule has 3 heterocycles. The molecule has 20 aliphatic rings. The van der Waals surface area contributed by atoms with E-state index in [4.69, 9.17) is 16.3 Å². The first-order valence-corrected chi connectivity index (χ1v) is 53.6. The lowest BCUT2D eigenvalue weighted by Crippen LogP contribution is -2.70. The Hall–Kier alpha value is -6.65. The lowest BCUT2D eigenvalue weighted by atomic mass is 9.44. The summed E-state index contributed by atoms with van der Waals surface area (Å²) in [6, 6.07) is 25.1. The SMILES string of the molecule is C.C.CC12CCC(=O)C=C1CCC1C2[C@@H](O)CC2(C)C1CC[C@]2(C)C(=O)N1CCOCC1.CC12CCC(=O)C=C1CCC1C2[C@@H](O)CC2(C)C1CC[C@]2(O)C(=O)CC1CCc2ccccc2CC1.CC12CCC(=O)C=C1CCC1C2[C@@H](O)CC2(C)C1CC[C@]2(O)C(=O)N1CCc2ccccc2C1.C[C@@H]1CC2C3CCC4=CC(=O)CCC4(C)[C@@]3(Cl)[C@@H](O)CC2(C)[C@@]1(O)C(=O)N1CCc2ccccc2C1. The van der Waals surface area contributed by atoms with Crippen molar-refractivity contribution in [3.05, 3.63) is 153 Å². The van der Waals surface area contributed by atoms with E-state index in [1.165, 1.54) is 44.5 Å². The molecule has 7 N–H and O–H groups in total. The maximum atomic E-state index is 14.2. The number of carbonyl (C=O) groups is 8. The topological polar surface area (TPSA) is 297 Å². The number of aliphatic hydroxyl groups excluding tert-OH is 4. The number of ketones is 5. The molecule has 0 bridgehead atoms. The summed E-state index contributed by atoms with van der Waals surface area (Å²) in [5.41, 5.74) is 4.71. The Kier molecular flexibility index (Phi) is 26.8. The number of ether oxygens (including phenoxy) is 1. The first-order chi connectivity index (χ1) is 64.5. The van der Waals surface area contributed by atoms with Crippen molar-refractivity contribution in [2.75, 3.05) is 39.4 Å². The number of halogens is 1. The summed E-state index contributed by atoms with van der Waals surface area (Å²) in [6.45, 7) is 26.5. The average molecular weight is 1910 g/mol. The molecule has 3 aliphatic heterocycles. The smallest absolute Gasteiger partial charge is 0.255 e. The molecule has 19 unspecified atom stereocenters. The van der Waals surface area contributed by atoms with E-state index in [0.717, 1.165) is 146 Å². The van der Waals surface area contributed by atoms with Gasteiger partial charge < -0.3 is 55.2 Å². The molecule has 0 spiro atoms. The second-order valence-electron chi connectivity index (χ2n) is 49.7. The fourth-order valence-corrected chi connectivity index (χ4v) is 36.9. The maximum Gasteiger partial charge on any atom is 0.255 e. The summed E-state index contributed by atoms with van der Waals surface area (Å²) in [5, 5.41) is 83.2. The van der Waals surface area contributed by atoms with Crippen LogP contribution in [0.1, 0.15) is 310 Å². The number of fused-ring (bicyclic) bond motifs is 23. The van der Waals surface area contributed by atoms with Crippen LogP contribution in [0, 0.1) is 126 Å². The number of hydrogen-bond donors (Lipinski definition) is 7. The van der Waals surface area contributed by atoms with Crippen LogP contribution in [0.25, 0.3) is 0 Å². The number of aliphatic hydroxyl groups is 7. The highest BCUT2D eigenvalue weighted by Crippen LogP contribution is 2.76. The highest BCUT2D eigenvalue weighted by molar-refractivity contribution is 6.26. The van der Waals surface area contributed by atoms with Gasteiger partial charge in [0.25, 0.3) is 11.8 Å².